The number of aromatic nitrogens is 1. The quantitative estimate of drug-likeness (QED) is 0.900. The molecule has 2 aliphatic rings. The van der Waals surface area contributed by atoms with E-state index in [1.807, 2.05) is 12.3 Å². The number of hydrogen-bond donors (Lipinski definition) is 1. The van der Waals surface area contributed by atoms with Crippen molar-refractivity contribution in [2.45, 2.75) is 64.1 Å². The Labute approximate surface area is 129 Å². The SMILES string of the molecule is CC(NC(C)C1CCCN(C2CCC2)C1)c1ccccn1. The van der Waals surface area contributed by atoms with Gasteiger partial charge in [0.2, 0.25) is 0 Å². The van der Waals surface area contributed by atoms with E-state index in [0.717, 1.165) is 17.7 Å². The topological polar surface area (TPSA) is 28.2 Å². The minimum absolute atomic E-state index is 0.334. The molecule has 0 amide bonds. The van der Waals surface area contributed by atoms with Crippen LogP contribution in [-0.2, 0) is 0 Å². The third-order valence-corrected chi connectivity index (χ3v) is 5.43. The van der Waals surface area contributed by atoms with Crippen molar-refractivity contribution in [2.75, 3.05) is 13.1 Å². The van der Waals surface area contributed by atoms with Crippen LogP contribution in [0.25, 0.3) is 0 Å². The number of rotatable bonds is 5. The van der Waals surface area contributed by atoms with E-state index in [9.17, 15) is 0 Å². The molecule has 3 rings (SSSR count). The molecule has 21 heavy (non-hydrogen) atoms. The number of hydrogen-bond acceptors (Lipinski definition) is 3. The molecule has 0 aromatic carbocycles. The Morgan fingerprint density at radius 3 is 2.71 bits per heavy atom. The van der Waals surface area contributed by atoms with Crippen LogP contribution in [0.5, 0.6) is 0 Å². The van der Waals surface area contributed by atoms with Crippen molar-refractivity contribution >= 4 is 0 Å². The lowest BCUT2D eigenvalue weighted by Crippen LogP contribution is -2.50. The summed E-state index contributed by atoms with van der Waals surface area (Å²) in [4.78, 5) is 7.22. The van der Waals surface area contributed by atoms with E-state index in [4.69, 9.17) is 0 Å². The van der Waals surface area contributed by atoms with Crippen molar-refractivity contribution in [1.29, 1.82) is 0 Å². The molecule has 1 saturated heterocycles. The predicted molar refractivity (Wildman–Crippen MR) is 87.2 cm³/mol. The highest BCUT2D eigenvalue weighted by molar-refractivity contribution is 5.08. The Bertz CT molecular complexity index is 429. The van der Waals surface area contributed by atoms with Crippen molar-refractivity contribution in [2.24, 2.45) is 5.92 Å². The average Bonchev–Trinajstić information content (AvgIpc) is 2.46. The van der Waals surface area contributed by atoms with Crippen LogP contribution >= 0.6 is 0 Å². The van der Waals surface area contributed by atoms with Gasteiger partial charge in [0, 0.05) is 30.9 Å². The van der Waals surface area contributed by atoms with E-state index in [1.54, 1.807) is 0 Å². The molecule has 1 saturated carbocycles. The van der Waals surface area contributed by atoms with Gasteiger partial charge >= 0.3 is 0 Å². The molecule has 2 heterocycles. The zero-order chi connectivity index (χ0) is 14.7. The molecule has 3 nitrogen and oxygen atoms in total. The zero-order valence-electron chi connectivity index (χ0n) is 13.5. The van der Waals surface area contributed by atoms with Crippen molar-refractivity contribution in [3.05, 3.63) is 30.1 Å². The first kappa shape index (κ1) is 15.0. The molecular weight excluding hydrogens is 258 g/mol. The third-order valence-electron chi connectivity index (χ3n) is 5.43. The van der Waals surface area contributed by atoms with Crippen molar-refractivity contribution in [3.63, 3.8) is 0 Å². The molecule has 1 N–H and O–H groups in total. The molecule has 1 aliphatic carbocycles. The van der Waals surface area contributed by atoms with Crippen LogP contribution in [0, 0.1) is 5.92 Å². The second kappa shape index (κ2) is 6.89. The van der Waals surface area contributed by atoms with Gasteiger partial charge in [0.1, 0.15) is 0 Å². The van der Waals surface area contributed by atoms with Crippen LogP contribution in [0.2, 0.25) is 0 Å². The lowest BCUT2D eigenvalue weighted by atomic mass is 9.85. The van der Waals surface area contributed by atoms with Crippen LogP contribution in [0.15, 0.2) is 24.4 Å². The largest absolute Gasteiger partial charge is 0.306 e. The molecule has 0 bridgehead atoms. The van der Waals surface area contributed by atoms with Gasteiger partial charge in [0.25, 0.3) is 0 Å². The summed E-state index contributed by atoms with van der Waals surface area (Å²) in [6.45, 7) is 7.19. The average molecular weight is 287 g/mol. The van der Waals surface area contributed by atoms with Gasteiger partial charge in [-0.1, -0.05) is 12.5 Å². The first-order valence-electron chi connectivity index (χ1n) is 8.65. The van der Waals surface area contributed by atoms with Crippen LogP contribution < -0.4 is 5.32 Å². The fourth-order valence-electron chi connectivity index (χ4n) is 3.78. The summed E-state index contributed by atoms with van der Waals surface area (Å²) >= 11 is 0. The molecular formula is C18H29N3. The van der Waals surface area contributed by atoms with Gasteiger partial charge in [-0.3, -0.25) is 4.98 Å². The van der Waals surface area contributed by atoms with Crippen LogP contribution in [0.1, 0.15) is 57.7 Å². The van der Waals surface area contributed by atoms with Crippen LogP contribution in [-0.4, -0.2) is 35.1 Å². The van der Waals surface area contributed by atoms with Crippen molar-refractivity contribution < 1.29 is 0 Å². The zero-order valence-corrected chi connectivity index (χ0v) is 13.5. The standard InChI is InChI=1S/C18H29N3/c1-14(20-15(2)18-10-3-4-11-19-18)16-7-6-12-21(13-16)17-8-5-9-17/h3-4,10-11,14-17,20H,5-9,12-13H2,1-2H3. The van der Waals surface area contributed by atoms with E-state index in [2.05, 4.69) is 41.2 Å². The highest BCUT2D eigenvalue weighted by Gasteiger charge is 2.31. The molecule has 3 heteroatoms. The summed E-state index contributed by atoms with van der Waals surface area (Å²) in [5.41, 5.74) is 1.15. The molecule has 3 atom stereocenters. The van der Waals surface area contributed by atoms with Gasteiger partial charge in [0.05, 0.1) is 5.69 Å². The molecule has 3 unspecified atom stereocenters. The molecule has 1 aromatic rings. The van der Waals surface area contributed by atoms with E-state index in [1.165, 1.54) is 45.2 Å². The molecule has 0 radical (unpaired) electrons. The number of likely N-dealkylation sites (tertiary alicyclic amines) is 1. The lowest BCUT2D eigenvalue weighted by molar-refractivity contribution is 0.0654. The summed E-state index contributed by atoms with van der Waals surface area (Å²) < 4.78 is 0. The maximum atomic E-state index is 4.47. The lowest BCUT2D eigenvalue weighted by Gasteiger charge is -2.44. The minimum Gasteiger partial charge on any atom is -0.306 e. The van der Waals surface area contributed by atoms with E-state index in [0.29, 0.717) is 12.1 Å². The van der Waals surface area contributed by atoms with Crippen LogP contribution in [0.4, 0.5) is 0 Å². The predicted octanol–water partition coefficient (Wildman–Crippen LogP) is 3.39. The second-order valence-corrected chi connectivity index (χ2v) is 6.91. The Hall–Kier alpha value is -0.930. The molecule has 1 aliphatic heterocycles. The van der Waals surface area contributed by atoms with Gasteiger partial charge in [-0.05, 0) is 64.1 Å². The molecule has 116 valence electrons. The number of pyridine rings is 1. The smallest absolute Gasteiger partial charge is 0.0570 e. The minimum atomic E-state index is 0.334. The summed E-state index contributed by atoms with van der Waals surface area (Å²) in [5, 5.41) is 3.77. The van der Waals surface area contributed by atoms with Gasteiger partial charge in [-0.25, -0.2) is 0 Å². The Morgan fingerprint density at radius 1 is 1.19 bits per heavy atom. The summed E-state index contributed by atoms with van der Waals surface area (Å²) in [6.07, 6.45) is 8.92. The van der Waals surface area contributed by atoms with Crippen molar-refractivity contribution in [3.8, 4) is 0 Å². The Kier molecular flexibility index (Phi) is 4.91. The van der Waals surface area contributed by atoms with Crippen molar-refractivity contribution in [1.82, 2.24) is 15.2 Å². The van der Waals surface area contributed by atoms with Gasteiger partial charge in [-0.2, -0.15) is 0 Å². The highest BCUT2D eigenvalue weighted by atomic mass is 15.2. The first-order valence-corrected chi connectivity index (χ1v) is 8.65. The molecule has 0 spiro atoms. The molecule has 2 fully saturated rings. The van der Waals surface area contributed by atoms with E-state index < -0.39 is 0 Å². The van der Waals surface area contributed by atoms with E-state index >= 15 is 0 Å². The maximum absolute atomic E-state index is 4.47. The van der Waals surface area contributed by atoms with Gasteiger partial charge in [-0.15, -0.1) is 0 Å². The monoisotopic (exact) mass is 287 g/mol. The fourth-order valence-corrected chi connectivity index (χ4v) is 3.78. The van der Waals surface area contributed by atoms with Crippen LogP contribution in [0.3, 0.4) is 0 Å². The first-order chi connectivity index (χ1) is 10.2. The number of nitrogens with one attached hydrogen (secondary N) is 1. The Morgan fingerprint density at radius 2 is 2.05 bits per heavy atom. The van der Waals surface area contributed by atoms with Gasteiger partial charge in [0.15, 0.2) is 0 Å². The highest BCUT2D eigenvalue weighted by Crippen LogP contribution is 2.30. The normalized spacial score (nSPS) is 27.0. The fraction of sp³-hybridized carbons (Fsp3) is 0.722. The summed E-state index contributed by atoms with van der Waals surface area (Å²) in [7, 11) is 0. The summed E-state index contributed by atoms with van der Waals surface area (Å²) in [5.74, 6) is 0.783. The second-order valence-electron chi connectivity index (χ2n) is 6.91. The molecule has 1 aromatic heterocycles. The number of piperidine rings is 1. The third kappa shape index (κ3) is 3.64. The number of nitrogens with zero attached hydrogens (tertiary/aromatic N) is 2. The van der Waals surface area contributed by atoms with E-state index in [-0.39, 0.29) is 0 Å². The van der Waals surface area contributed by atoms with Gasteiger partial charge < -0.3 is 10.2 Å². The summed E-state index contributed by atoms with van der Waals surface area (Å²) in [6, 6.07) is 7.96. The maximum Gasteiger partial charge on any atom is 0.0570 e. The Balaban J connectivity index is 1.53.